The first-order valence-electron chi connectivity index (χ1n) is 13.7. The molecule has 214 valence electrons. The summed E-state index contributed by atoms with van der Waals surface area (Å²) in [7, 11) is 0. The first-order chi connectivity index (χ1) is 17.4. The molecule has 0 atom stereocenters. The van der Waals surface area contributed by atoms with Crippen LogP contribution in [0.25, 0.3) is 0 Å². The van der Waals surface area contributed by atoms with Crippen molar-refractivity contribution in [3.63, 3.8) is 0 Å². The summed E-state index contributed by atoms with van der Waals surface area (Å²) in [5.41, 5.74) is 0. The number of carbonyl (C=O) groups is 2. The highest BCUT2D eigenvalue weighted by Crippen LogP contribution is 2.07. The lowest BCUT2D eigenvalue weighted by molar-refractivity contribution is -0.127. The average Bonchev–Trinajstić information content (AvgIpc) is 2.84. The quantitative estimate of drug-likeness (QED) is 0.157. The molecule has 0 spiro atoms. The standard InChI is InChI=1S/C27H53NO8/c1-24(2)26(29)23-35-22-21-34-20-19-33-18-17-32-16-15-31-14-12-28-27(30)11-9-7-5-6-8-10-13-36-25(3)4/h24-25H,5-23H2,1-4H3,(H,28,30). The minimum atomic E-state index is 0.00160. The van der Waals surface area contributed by atoms with Crippen LogP contribution in [-0.4, -0.2) is 97.0 Å². The van der Waals surface area contributed by atoms with E-state index in [0.29, 0.717) is 78.5 Å². The number of ether oxygens (including phenoxy) is 6. The highest BCUT2D eigenvalue weighted by Gasteiger charge is 2.06. The predicted octanol–water partition coefficient (Wildman–Crippen LogP) is 3.57. The Bertz CT molecular complexity index is 502. The van der Waals surface area contributed by atoms with Crippen LogP contribution >= 0.6 is 0 Å². The van der Waals surface area contributed by atoms with Gasteiger partial charge in [-0.1, -0.05) is 39.5 Å². The fourth-order valence-electron chi connectivity index (χ4n) is 2.98. The third-order valence-corrected chi connectivity index (χ3v) is 5.19. The molecular formula is C27H53NO8. The van der Waals surface area contributed by atoms with Gasteiger partial charge in [0.25, 0.3) is 0 Å². The van der Waals surface area contributed by atoms with Crippen molar-refractivity contribution in [2.24, 2.45) is 5.92 Å². The van der Waals surface area contributed by atoms with Crippen molar-refractivity contribution in [3.05, 3.63) is 0 Å². The summed E-state index contributed by atoms with van der Waals surface area (Å²) in [6.45, 7) is 13.6. The van der Waals surface area contributed by atoms with Crippen molar-refractivity contribution in [1.29, 1.82) is 0 Å². The minimum Gasteiger partial charge on any atom is -0.379 e. The molecule has 0 aliphatic carbocycles. The Hall–Kier alpha value is -1.10. The Morgan fingerprint density at radius 1 is 0.583 bits per heavy atom. The van der Waals surface area contributed by atoms with E-state index in [1.165, 1.54) is 19.3 Å². The molecule has 1 amide bonds. The van der Waals surface area contributed by atoms with Crippen molar-refractivity contribution in [3.8, 4) is 0 Å². The van der Waals surface area contributed by atoms with Crippen LogP contribution in [0, 0.1) is 5.92 Å². The van der Waals surface area contributed by atoms with E-state index in [0.717, 1.165) is 25.9 Å². The van der Waals surface area contributed by atoms with E-state index < -0.39 is 0 Å². The van der Waals surface area contributed by atoms with E-state index >= 15 is 0 Å². The molecule has 1 N–H and O–H groups in total. The molecule has 0 aliphatic rings. The van der Waals surface area contributed by atoms with E-state index in [1.54, 1.807) is 0 Å². The Kier molecular flexibility index (Phi) is 26.1. The third kappa shape index (κ3) is 27.5. The van der Waals surface area contributed by atoms with Gasteiger partial charge in [-0.2, -0.15) is 0 Å². The molecule has 0 aliphatic heterocycles. The van der Waals surface area contributed by atoms with E-state index in [1.807, 2.05) is 13.8 Å². The molecule has 36 heavy (non-hydrogen) atoms. The number of ketones is 1. The van der Waals surface area contributed by atoms with Gasteiger partial charge < -0.3 is 33.7 Å². The maximum absolute atomic E-state index is 11.8. The van der Waals surface area contributed by atoms with Gasteiger partial charge in [0, 0.05) is 25.5 Å². The molecule has 0 heterocycles. The SMILES string of the molecule is CC(C)OCCCCCCCCC(=O)NCCOCCOCCOCCOCCOCC(=O)C(C)C. The normalized spacial score (nSPS) is 11.5. The average molecular weight is 520 g/mol. The molecule has 9 heteroatoms. The maximum Gasteiger partial charge on any atom is 0.220 e. The van der Waals surface area contributed by atoms with Crippen molar-refractivity contribution in [2.75, 3.05) is 79.2 Å². The van der Waals surface area contributed by atoms with E-state index in [9.17, 15) is 9.59 Å². The fourth-order valence-corrected chi connectivity index (χ4v) is 2.98. The van der Waals surface area contributed by atoms with Crippen LogP contribution in [-0.2, 0) is 38.0 Å². The van der Waals surface area contributed by atoms with Crippen LogP contribution in [0.4, 0.5) is 0 Å². The molecule has 0 aromatic heterocycles. The molecular weight excluding hydrogens is 466 g/mol. The zero-order valence-electron chi connectivity index (χ0n) is 23.4. The Morgan fingerprint density at radius 3 is 1.58 bits per heavy atom. The summed E-state index contributed by atoms with van der Waals surface area (Å²) in [6.07, 6.45) is 7.63. The lowest BCUT2D eigenvalue weighted by atomic mass is 10.1. The molecule has 9 nitrogen and oxygen atoms in total. The Labute approximate surface area is 219 Å². The van der Waals surface area contributed by atoms with Crippen molar-refractivity contribution >= 4 is 11.7 Å². The Balaban J connectivity index is 3.18. The van der Waals surface area contributed by atoms with Gasteiger partial charge in [0.15, 0.2) is 5.78 Å². The number of amides is 1. The minimum absolute atomic E-state index is 0.00160. The van der Waals surface area contributed by atoms with Crippen LogP contribution in [0.2, 0.25) is 0 Å². The van der Waals surface area contributed by atoms with Crippen molar-refractivity contribution in [2.45, 2.75) is 78.7 Å². The monoisotopic (exact) mass is 519 g/mol. The second-order valence-corrected chi connectivity index (χ2v) is 9.26. The van der Waals surface area contributed by atoms with E-state index in [4.69, 9.17) is 28.4 Å². The second-order valence-electron chi connectivity index (χ2n) is 9.26. The molecule has 0 unspecified atom stereocenters. The zero-order chi connectivity index (χ0) is 26.7. The number of nitrogens with one attached hydrogen (secondary N) is 1. The number of Topliss-reactive ketones (excluding diaryl/α,β-unsaturated/α-hetero) is 1. The molecule has 0 bridgehead atoms. The van der Waals surface area contributed by atoms with Crippen LogP contribution in [0.1, 0.15) is 72.6 Å². The molecule has 0 radical (unpaired) electrons. The first-order valence-corrected chi connectivity index (χ1v) is 13.7. The van der Waals surface area contributed by atoms with Crippen molar-refractivity contribution in [1.82, 2.24) is 5.32 Å². The molecule has 0 aromatic rings. The third-order valence-electron chi connectivity index (χ3n) is 5.19. The van der Waals surface area contributed by atoms with Crippen LogP contribution in [0.15, 0.2) is 0 Å². The lowest BCUT2D eigenvalue weighted by Gasteiger charge is -2.09. The molecule has 0 saturated heterocycles. The van der Waals surface area contributed by atoms with Gasteiger partial charge in [0.2, 0.25) is 5.91 Å². The molecule has 0 rings (SSSR count). The number of unbranched alkanes of at least 4 members (excludes halogenated alkanes) is 5. The predicted molar refractivity (Wildman–Crippen MR) is 140 cm³/mol. The van der Waals surface area contributed by atoms with Gasteiger partial charge in [0.05, 0.1) is 65.6 Å². The first kappa shape index (κ1) is 34.9. The maximum atomic E-state index is 11.8. The highest BCUT2D eigenvalue weighted by molar-refractivity contribution is 5.81. The van der Waals surface area contributed by atoms with E-state index in [-0.39, 0.29) is 24.2 Å². The number of hydrogen-bond acceptors (Lipinski definition) is 8. The molecule has 0 aromatic carbocycles. The van der Waals surface area contributed by atoms with Crippen LogP contribution < -0.4 is 5.32 Å². The van der Waals surface area contributed by atoms with Crippen molar-refractivity contribution < 1.29 is 38.0 Å². The molecule has 0 fully saturated rings. The summed E-state index contributed by atoms with van der Waals surface area (Å²) in [5.74, 6) is 0.193. The summed E-state index contributed by atoms with van der Waals surface area (Å²) in [5, 5.41) is 2.89. The van der Waals surface area contributed by atoms with E-state index in [2.05, 4.69) is 19.2 Å². The largest absolute Gasteiger partial charge is 0.379 e. The summed E-state index contributed by atoms with van der Waals surface area (Å²) in [6, 6.07) is 0. The van der Waals surface area contributed by atoms with Gasteiger partial charge in [-0.05, 0) is 26.7 Å². The highest BCUT2D eigenvalue weighted by atomic mass is 16.6. The van der Waals surface area contributed by atoms with Gasteiger partial charge in [-0.15, -0.1) is 0 Å². The summed E-state index contributed by atoms with van der Waals surface area (Å²) < 4.78 is 32.5. The van der Waals surface area contributed by atoms with Gasteiger partial charge >= 0.3 is 0 Å². The van der Waals surface area contributed by atoms with Crippen LogP contribution in [0.3, 0.4) is 0 Å². The fraction of sp³-hybridized carbons (Fsp3) is 0.926. The number of rotatable bonds is 28. The molecule has 0 saturated carbocycles. The zero-order valence-corrected chi connectivity index (χ0v) is 23.4. The van der Waals surface area contributed by atoms with Gasteiger partial charge in [-0.25, -0.2) is 0 Å². The lowest BCUT2D eigenvalue weighted by Crippen LogP contribution is -2.27. The number of carbonyl (C=O) groups excluding carboxylic acids is 2. The summed E-state index contributed by atoms with van der Waals surface area (Å²) >= 11 is 0. The second kappa shape index (κ2) is 26.9. The van der Waals surface area contributed by atoms with Gasteiger partial charge in [0.1, 0.15) is 6.61 Å². The summed E-state index contributed by atoms with van der Waals surface area (Å²) in [4.78, 5) is 23.2. The number of hydrogen-bond donors (Lipinski definition) is 1. The van der Waals surface area contributed by atoms with Crippen LogP contribution in [0.5, 0.6) is 0 Å². The Morgan fingerprint density at radius 2 is 1.06 bits per heavy atom. The van der Waals surface area contributed by atoms with Gasteiger partial charge in [-0.3, -0.25) is 9.59 Å². The smallest absolute Gasteiger partial charge is 0.220 e. The topological polar surface area (TPSA) is 102 Å².